The number of hydrogen-bond acceptors (Lipinski definition) is 1. The normalized spacial score (nSPS) is 10.4. The van der Waals surface area contributed by atoms with E-state index < -0.39 is 0 Å². The van der Waals surface area contributed by atoms with Crippen molar-refractivity contribution in [3.05, 3.63) is 29.8 Å². The first kappa shape index (κ1) is 15.6. The molecule has 0 radical (unpaired) electrons. The SMILES string of the molecule is CCc1ccc(N(C(C)C)C(C)C)cc1.[H-].[Li+]. The number of benzene rings is 1. The van der Waals surface area contributed by atoms with Gasteiger partial charge in [0.05, 0.1) is 0 Å². The Morgan fingerprint density at radius 1 is 1.00 bits per heavy atom. The number of aryl methyl sites for hydroxylation is 1. The van der Waals surface area contributed by atoms with Crippen molar-refractivity contribution in [2.45, 2.75) is 53.1 Å². The van der Waals surface area contributed by atoms with Crippen LogP contribution in [0.2, 0.25) is 0 Å². The monoisotopic (exact) mass is 213 g/mol. The Bertz CT molecular complexity index is 288. The molecule has 1 aromatic carbocycles. The number of nitrogens with zero attached hydrogens (tertiary/aromatic N) is 1. The fraction of sp³-hybridized carbons (Fsp3) is 0.571. The zero-order valence-electron chi connectivity index (χ0n) is 12.6. The minimum atomic E-state index is 0. The molecule has 0 aliphatic rings. The van der Waals surface area contributed by atoms with E-state index in [-0.39, 0.29) is 20.3 Å². The van der Waals surface area contributed by atoms with E-state index in [2.05, 4.69) is 63.8 Å². The Balaban J connectivity index is 0. The predicted octanol–water partition coefficient (Wildman–Crippen LogP) is 0.989. The van der Waals surface area contributed by atoms with E-state index in [0.717, 1.165) is 6.42 Å². The standard InChI is InChI=1S/C14H23N.Li.H/c1-6-13-7-9-14(10-8-13)15(11(2)3)12(4)5;;/h7-12H,6H2,1-5H3;;/q;+1;-1. The quantitative estimate of drug-likeness (QED) is 0.674. The molecule has 1 aromatic rings. The molecular weight excluding hydrogens is 189 g/mol. The van der Waals surface area contributed by atoms with Crippen LogP contribution in [0.1, 0.15) is 41.6 Å². The first-order valence-electron chi connectivity index (χ1n) is 5.93. The summed E-state index contributed by atoms with van der Waals surface area (Å²) >= 11 is 0. The van der Waals surface area contributed by atoms with E-state index >= 15 is 0 Å². The van der Waals surface area contributed by atoms with Gasteiger partial charge in [0, 0.05) is 17.8 Å². The predicted molar refractivity (Wildman–Crippen MR) is 69.7 cm³/mol. The van der Waals surface area contributed by atoms with E-state index in [1.165, 1.54) is 11.3 Å². The molecule has 0 aromatic heterocycles. The van der Waals surface area contributed by atoms with Crippen molar-refractivity contribution in [2.75, 3.05) is 4.90 Å². The first-order valence-corrected chi connectivity index (χ1v) is 5.93. The van der Waals surface area contributed by atoms with Gasteiger partial charge in [-0.05, 0) is 51.8 Å². The third kappa shape index (κ3) is 3.89. The molecule has 0 spiro atoms. The summed E-state index contributed by atoms with van der Waals surface area (Å²) in [6.07, 6.45) is 1.11. The van der Waals surface area contributed by atoms with Crippen LogP contribution in [0, 0.1) is 0 Å². The van der Waals surface area contributed by atoms with Crippen molar-refractivity contribution in [2.24, 2.45) is 0 Å². The maximum atomic E-state index is 2.44. The molecule has 0 unspecified atom stereocenters. The molecule has 0 N–H and O–H groups in total. The van der Waals surface area contributed by atoms with Crippen molar-refractivity contribution in [3.8, 4) is 0 Å². The molecule has 0 amide bonds. The van der Waals surface area contributed by atoms with Gasteiger partial charge in [-0.25, -0.2) is 0 Å². The Morgan fingerprint density at radius 2 is 1.44 bits per heavy atom. The molecule has 1 rings (SSSR count). The molecule has 0 aliphatic carbocycles. The summed E-state index contributed by atoms with van der Waals surface area (Å²) in [5.41, 5.74) is 2.74. The summed E-state index contributed by atoms with van der Waals surface area (Å²) in [6.45, 7) is 11.2. The van der Waals surface area contributed by atoms with Gasteiger partial charge in [0.15, 0.2) is 0 Å². The Morgan fingerprint density at radius 3 is 1.75 bits per heavy atom. The Labute approximate surface area is 114 Å². The molecule has 86 valence electrons. The molecule has 0 saturated carbocycles. The minimum absolute atomic E-state index is 0. The summed E-state index contributed by atoms with van der Waals surface area (Å²) in [4.78, 5) is 2.44. The second-order valence-corrected chi connectivity index (χ2v) is 4.61. The van der Waals surface area contributed by atoms with Crippen molar-refractivity contribution < 1.29 is 20.3 Å². The van der Waals surface area contributed by atoms with Gasteiger partial charge >= 0.3 is 18.9 Å². The molecule has 16 heavy (non-hydrogen) atoms. The zero-order valence-corrected chi connectivity index (χ0v) is 11.6. The summed E-state index contributed by atoms with van der Waals surface area (Å²) in [7, 11) is 0. The van der Waals surface area contributed by atoms with Gasteiger partial charge in [0.2, 0.25) is 0 Å². The van der Waals surface area contributed by atoms with Gasteiger partial charge in [0.25, 0.3) is 0 Å². The van der Waals surface area contributed by atoms with Crippen molar-refractivity contribution in [1.82, 2.24) is 0 Å². The number of hydrogen-bond donors (Lipinski definition) is 0. The van der Waals surface area contributed by atoms with Crippen LogP contribution in [-0.4, -0.2) is 12.1 Å². The summed E-state index contributed by atoms with van der Waals surface area (Å²) in [5, 5.41) is 0. The first-order chi connectivity index (χ1) is 7.06. The average molecular weight is 213 g/mol. The molecule has 0 atom stereocenters. The molecule has 0 aliphatic heterocycles. The second-order valence-electron chi connectivity index (χ2n) is 4.61. The Hall–Kier alpha value is -0.383. The summed E-state index contributed by atoms with van der Waals surface area (Å²) in [5.74, 6) is 0. The van der Waals surface area contributed by atoms with Crippen LogP contribution in [0.3, 0.4) is 0 Å². The topological polar surface area (TPSA) is 3.24 Å². The smallest absolute Gasteiger partial charge is 1.00 e. The van der Waals surface area contributed by atoms with Crippen LogP contribution in [0.15, 0.2) is 24.3 Å². The van der Waals surface area contributed by atoms with Gasteiger partial charge in [-0.1, -0.05) is 19.1 Å². The molecule has 0 bridgehead atoms. The fourth-order valence-electron chi connectivity index (χ4n) is 2.10. The zero-order chi connectivity index (χ0) is 11.4. The van der Waals surface area contributed by atoms with Crippen molar-refractivity contribution in [1.29, 1.82) is 0 Å². The van der Waals surface area contributed by atoms with E-state index in [0.29, 0.717) is 12.1 Å². The van der Waals surface area contributed by atoms with Crippen LogP contribution < -0.4 is 23.8 Å². The van der Waals surface area contributed by atoms with Gasteiger partial charge in [-0.15, -0.1) is 0 Å². The third-order valence-electron chi connectivity index (χ3n) is 2.76. The summed E-state index contributed by atoms with van der Waals surface area (Å²) in [6, 6.07) is 10.0. The second kappa shape index (κ2) is 7.04. The van der Waals surface area contributed by atoms with Gasteiger partial charge < -0.3 is 6.33 Å². The number of anilines is 1. The van der Waals surface area contributed by atoms with Crippen molar-refractivity contribution >= 4 is 5.69 Å². The average Bonchev–Trinajstić information content (AvgIpc) is 2.18. The van der Waals surface area contributed by atoms with E-state index in [1.807, 2.05) is 0 Å². The third-order valence-corrected chi connectivity index (χ3v) is 2.76. The molecule has 1 nitrogen and oxygen atoms in total. The van der Waals surface area contributed by atoms with Gasteiger partial charge in [0.1, 0.15) is 0 Å². The maximum absolute atomic E-state index is 2.44. The molecule has 0 fully saturated rings. The minimum Gasteiger partial charge on any atom is -1.00 e. The summed E-state index contributed by atoms with van der Waals surface area (Å²) < 4.78 is 0. The fourth-order valence-corrected chi connectivity index (χ4v) is 2.10. The Kier molecular flexibility index (Phi) is 6.87. The molecule has 0 saturated heterocycles. The van der Waals surface area contributed by atoms with E-state index in [4.69, 9.17) is 0 Å². The van der Waals surface area contributed by atoms with Gasteiger partial charge in [-0.2, -0.15) is 0 Å². The van der Waals surface area contributed by atoms with Crippen LogP contribution >= 0.6 is 0 Å². The maximum Gasteiger partial charge on any atom is 1.00 e. The van der Waals surface area contributed by atoms with E-state index in [1.54, 1.807) is 0 Å². The molecular formula is C14H24LiN. The molecule has 0 heterocycles. The van der Waals surface area contributed by atoms with Crippen molar-refractivity contribution in [3.63, 3.8) is 0 Å². The van der Waals surface area contributed by atoms with Crippen LogP contribution in [-0.2, 0) is 6.42 Å². The molecule has 2 heteroatoms. The van der Waals surface area contributed by atoms with Gasteiger partial charge in [-0.3, -0.25) is 0 Å². The van der Waals surface area contributed by atoms with E-state index in [9.17, 15) is 0 Å². The largest absolute Gasteiger partial charge is 1.00 e. The van der Waals surface area contributed by atoms with Crippen LogP contribution in [0.25, 0.3) is 0 Å². The van der Waals surface area contributed by atoms with Crippen LogP contribution in [0.5, 0.6) is 0 Å². The van der Waals surface area contributed by atoms with Crippen LogP contribution in [0.4, 0.5) is 5.69 Å². The number of rotatable bonds is 4.